The zero-order chi connectivity index (χ0) is 14.5. The monoisotopic (exact) mass is 275 g/mol. The van der Waals surface area contributed by atoms with Gasteiger partial charge in [-0.15, -0.1) is 0 Å². The Labute approximate surface area is 119 Å². The fourth-order valence-corrected chi connectivity index (χ4v) is 2.30. The van der Waals surface area contributed by atoms with E-state index in [0.717, 1.165) is 30.6 Å². The quantitative estimate of drug-likeness (QED) is 0.875. The minimum absolute atomic E-state index is 0.0132. The van der Waals surface area contributed by atoms with Crippen LogP contribution in [0.15, 0.2) is 30.6 Å². The summed E-state index contributed by atoms with van der Waals surface area (Å²) in [5.41, 5.74) is 2.68. The van der Waals surface area contributed by atoms with E-state index >= 15 is 0 Å². The molecule has 0 saturated carbocycles. The predicted octanol–water partition coefficient (Wildman–Crippen LogP) is 3.44. The van der Waals surface area contributed by atoms with Crippen LogP contribution in [0.2, 0.25) is 0 Å². The fraction of sp³-hybridized carbons (Fsp3) is 0.438. The molecule has 3 nitrogen and oxygen atoms in total. The number of aryl methyl sites for hydroxylation is 2. The fourth-order valence-electron chi connectivity index (χ4n) is 2.30. The van der Waals surface area contributed by atoms with E-state index in [1.54, 1.807) is 13.0 Å². The lowest BCUT2D eigenvalue weighted by Gasteiger charge is -2.17. The molecule has 1 heterocycles. The molecule has 1 N–H and O–H groups in total. The molecule has 0 spiro atoms. The minimum Gasteiger partial charge on any atom is -0.306 e. The van der Waals surface area contributed by atoms with Crippen molar-refractivity contribution in [3.05, 3.63) is 53.1 Å². The molecule has 1 atom stereocenters. The maximum absolute atomic E-state index is 13.8. The largest absolute Gasteiger partial charge is 0.306 e. The van der Waals surface area contributed by atoms with Crippen LogP contribution >= 0.6 is 0 Å². The molecule has 0 fully saturated rings. The number of hydrogen-bond acceptors (Lipinski definition) is 2. The van der Waals surface area contributed by atoms with Gasteiger partial charge in [0.1, 0.15) is 5.82 Å². The van der Waals surface area contributed by atoms with Crippen LogP contribution in [0.5, 0.6) is 0 Å². The maximum Gasteiger partial charge on any atom is 0.126 e. The number of nitrogens with zero attached hydrogens (tertiary/aromatic N) is 2. The van der Waals surface area contributed by atoms with E-state index in [1.165, 1.54) is 0 Å². The number of hydrogen-bond donors (Lipinski definition) is 1. The summed E-state index contributed by atoms with van der Waals surface area (Å²) in [5.74, 6) is -0.161. The second-order valence-corrected chi connectivity index (χ2v) is 5.04. The number of rotatable bonds is 6. The van der Waals surface area contributed by atoms with Crippen molar-refractivity contribution in [3.8, 4) is 0 Å². The molecular weight excluding hydrogens is 253 g/mol. The van der Waals surface area contributed by atoms with E-state index in [4.69, 9.17) is 0 Å². The van der Waals surface area contributed by atoms with Gasteiger partial charge >= 0.3 is 0 Å². The molecule has 0 saturated heterocycles. The molecule has 0 aliphatic carbocycles. The molecule has 0 aliphatic heterocycles. The Morgan fingerprint density at radius 2 is 2.10 bits per heavy atom. The lowest BCUT2D eigenvalue weighted by molar-refractivity contribution is 0.590. The van der Waals surface area contributed by atoms with Crippen LogP contribution in [0.25, 0.3) is 0 Å². The Kier molecular flexibility index (Phi) is 4.90. The third kappa shape index (κ3) is 3.25. The first-order chi connectivity index (χ1) is 9.65. The molecule has 0 bridgehead atoms. The third-order valence-corrected chi connectivity index (χ3v) is 3.38. The minimum atomic E-state index is -0.161. The highest BCUT2D eigenvalue weighted by Gasteiger charge is 2.16. The van der Waals surface area contributed by atoms with E-state index < -0.39 is 0 Å². The van der Waals surface area contributed by atoms with Gasteiger partial charge in [-0.05, 0) is 37.1 Å². The summed E-state index contributed by atoms with van der Waals surface area (Å²) in [4.78, 5) is 0. The van der Waals surface area contributed by atoms with Crippen LogP contribution in [-0.2, 0) is 6.54 Å². The van der Waals surface area contributed by atoms with Crippen LogP contribution in [0.3, 0.4) is 0 Å². The van der Waals surface area contributed by atoms with Gasteiger partial charge in [0, 0.05) is 18.3 Å². The molecule has 1 aromatic carbocycles. The van der Waals surface area contributed by atoms with Crippen molar-refractivity contribution in [2.45, 2.75) is 39.8 Å². The lowest BCUT2D eigenvalue weighted by Crippen LogP contribution is -2.21. The van der Waals surface area contributed by atoms with Crippen molar-refractivity contribution >= 4 is 0 Å². The van der Waals surface area contributed by atoms with Gasteiger partial charge in [0.05, 0.1) is 12.2 Å². The Balaban J connectivity index is 2.31. The first-order valence-corrected chi connectivity index (χ1v) is 7.17. The van der Waals surface area contributed by atoms with Gasteiger partial charge in [-0.2, -0.15) is 5.10 Å². The normalized spacial score (nSPS) is 12.6. The molecule has 2 aromatic rings. The van der Waals surface area contributed by atoms with Crippen molar-refractivity contribution in [1.82, 2.24) is 15.1 Å². The summed E-state index contributed by atoms with van der Waals surface area (Å²) in [7, 11) is 0. The summed E-state index contributed by atoms with van der Waals surface area (Å²) in [6.45, 7) is 7.67. The first kappa shape index (κ1) is 14.7. The molecule has 2 rings (SSSR count). The zero-order valence-electron chi connectivity index (χ0n) is 12.4. The lowest BCUT2D eigenvalue weighted by atomic mass is 10.00. The van der Waals surface area contributed by atoms with Crippen molar-refractivity contribution < 1.29 is 4.39 Å². The Bertz CT molecular complexity index is 563. The Hall–Kier alpha value is -1.68. The van der Waals surface area contributed by atoms with Crippen LogP contribution < -0.4 is 5.32 Å². The molecule has 0 radical (unpaired) electrons. The maximum atomic E-state index is 13.8. The van der Waals surface area contributed by atoms with Crippen molar-refractivity contribution in [3.63, 3.8) is 0 Å². The van der Waals surface area contributed by atoms with E-state index in [9.17, 15) is 4.39 Å². The van der Waals surface area contributed by atoms with Crippen molar-refractivity contribution in [2.24, 2.45) is 0 Å². The molecule has 108 valence electrons. The second-order valence-electron chi connectivity index (χ2n) is 5.04. The van der Waals surface area contributed by atoms with Gasteiger partial charge < -0.3 is 5.32 Å². The number of nitrogens with one attached hydrogen (secondary N) is 1. The highest BCUT2D eigenvalue weighted by Crippen LogP contribution is 2.23. The smallest absolute Gasteiger partial charge is 0.126 e. The standard InChI is InChI=1S/C16H22FN3/c1-4-8-20-11-14(10-19-20)16(18-5-2)13-7-6-12(3)15(17)9-13/h6-7,9-11,16,18H,4-5,8H2,1-3H3. The highest BCUT2D eigenvalue weighted by atomic mass is 19.1. The average Bonchev–Trinajstić information content (AvgIpc) is 2.88. The zero-order valence-corrected chi connectivity index (χ0v) is 12.4. The van der Waals surface area contributed by atoms with Gasteiger partial charge in [0.25, 0.3) is 0 Å². The van der Waals surface area contributed by atoms with E-state index in [-0.39, 0.29) is 11.9 Å². The average molecular weight is 275 g/mol. The van der Waals surface area contributed by atoms with Crippen LogP contribution in [0.1, 0.15) is 43.0 Å². The van der Waals surface area contributed by atoms with Gasteiger partial charge in [-0.25, -0.2) is 4.39 Å². The van der Waals surface area contributed by atoms with Crippen molar-refractivity contribution in [2.75, 3.05) is 6.54 Å². The molecule has 1 aromatic heterocycles. The third-order valence-electron chi connectivity index (χ3n) is 3.38. The molecule has 4 heteroatoms. The summed E-state index contributed by atoms with van der Waals surface area (Å²) >= 11 is 0. The van der Waals surface area contributed by atoms with E-state index in [2.05, 4.69) is 17.3 Å². The molecule has 1 unspecified atom stereocenters. The summed E-state index contributed by atoms with van der Waals surface area (Å²) in [6, 6.07) is 5.40. The van der Waals surface area contributed by atoms with Crippen molar-refractivity contribution in [1.29, 1.82) is 0 Å². The Morgan fingerprint density at radius 1 is 1.30 bits per heavy atom. The predicted molar refractivity (Wildman–Crippen MR) is 79.2 cm³/mol. The highest BCUT2D eigenvalue weighted by molar-refractivity contribution is 5.32. The topological polar surface area (TPSA) is 29.9 Å². The number of aromatic nitrogens is 2. The molecule has 0 amide bonds. The van der Waals surface area contributed by atoms with Crippen LogP contribution in [-0.4, -0.2) is 16.3 Å². The van der Waals surface area contributed by atoms with Gasteiger partial charge in [0.15, 0.2) is 0 Å². The first-order valence-electron chi connectivity index (χ1n) is 7.17. The summed E-state index contributed by atoms with van der Waals surface area (Å²) in [6.07, 6.45) is 4.95. The molecule has 20 heavy (non-hydrogen) atoms. The second kappa shape index (κ2) is 6.66. The number of benzene rings is 1. The molecular formula is C16H22FN3. The van der Waals surface area contributed by atoms with Crippen LogP contribution in [0.4, 0.5) is 4.39 Å². The van der Waals surface area contributed by atoms with Gasteiger partial charge in [0.2, 0.25) is 0 Å². The van der Waals surface area contributed by atoms with Gasteiger partial charge in [-0.1, -0.05) is 26.0 Å². The summed E-state index contributed by atoms with van der Waals surface area (Å²) in [5, 5.41) is 7.75. The Morgan fingerprint density at radius 3 is 2.75 bits per heavy atom. The van der Waals surface area contributed by atoms with E-state index in [0.29, 0.717) is 5.56 Å². The number of halogens is 1. The SMILES string of the molecule is CCCn1cc(C(NCC)c2ccc(C)c(F)c2)cn1. The molecule has 0 aliphatic rings. The van der Waals surface area contributed by atoms with E-state index in [1.807, 2.05) is 36.1 Å². The van der Waals surface area contributed by atoms with Crippen LogP contribution in [0, 0.1) is 12.7 Å². The summed E-state index contributed by atoms with van der Waals surface area (Å²) < 4.78 is 15.7. The van der Waals surface area contributed by atoms with Gasteiger partial charge in [-0.3, -0.25) is 4.68 Å².